The van der Waals surface area contributed by atoms with Crippen molar-refractivity contribution in [3.8, 4) is 11.1 Å². The van der Waals surface area contributed by atoms with Crippen LogP contribution in [0, 0.1) is 11.6 Å². The maximum absolute atomic E-state index is 16.5. The molecule has 208 valence electrons. The number of nitrogens with two attached hydrogens (primary N) is 1. The first kappa shape index (κ1) is 26.6. The van der Waals surface area contributed by atoms with E-state index in [-0.39, 0.29) is 37.4 Å². The van der Waals surface area contributed by atoms with Crippen molar-refractivity contribution in [1.82, 2.24) is 24.8 Å². The summed E-state index contributed by atoms with van der Waals surface area (Å²) in [5.74, 6) is -0.292. The second kappa shape index (κ2) is 10.1. The summed E-state index contributed by atoms with van der Waals surface area (Å²) in [5, 5.41) is 0.756. The molecule has 2 saturated heterocycles. The second-order valence-corrected chi connectivity index (χ2v) is 11.6. The van der Waals surface area contributed by atoms with Gasteiger partial charge in [-0.1, -0.05) is 29.5 Å². The zero-order valence-corrected chi connectivity index (χ0v) is 23.6. The van der Waals surface area contributed by atoms with Crippen molar-refractivity contribution in [2.45, 2.75) is 6.04 Å². The number of carbonyl (C=O) groups is 1. The van der Waals surface area contributed by atoms with Crippen LogP contribution < -0.4 is 15.5 Å². The van der Waals surface area contributed by atoms with Crippen LogP contribution in [0.5, 0.6) is 0 Å². The third kappa shape index (κ3) is 4.40. The van der Waals surface area contributed by atoms with Crippen LogP contribution in [0.3, 0.4) is 0 Å². The lowest BCUT2D eigenvalue weighted by Gasteiger charge is -2.43. The number of nitrogen functional groups attached to an aromatic ring is 1. The van der Waals surface area contributed by atoms with Gasteiger partial charge >= 0.3 is 0 Å². The Labute approximate surface area is 238 Å². The van der Waals surface area contributed by atoms with E-state index in [2.05, 4.69) is 21.4 Å². The van der Waals surface area contributed by atoms with Gasteiger partial charge in [0.15, 0.2) is 10.9 Å². The van der Waals surface area contributed by atoms with Crippen molar-refractivity contribution in [2.24, 2.45) is 0 Å². The maximum Gasteiger partial charge on any atom is 0.246 e. The number of likely N-dealkylation sites (N-methyl/N-ethyl adjacent to an activating group) is 1. The van der Waals surface area contributed by atoms with Gasteiger partial charge in [-0.2, -0.15) is 4.98 Å². The van der Waals surface area contributed by atoms with E-state index in [4.69, 9.17) is 22.3 Å². The second-order valence-electron chi connectivity index (χ2n) is 10.2. The minimum Gasteiger partial charge on any atom is -0.375 e. The minimum absolute atomic E-state index is 0.0799. The van der Waals surface area contributed by atoms with E-state index >= 15 is 4.39 Å². The Morgan fingerprint density at radius 3 is 2.52 bits per heavy atom. The molecule has 6 rings (SSSR count). The molecule has 2 aliphatic heterocycles. The number of aromatic nitrogens is 3. The molecule has 4 aromatic rings. The van der Waals surface area contributed by atoms with E-state index < -0.39 is 11.6 Å². The first-order valence-corrected chi connectivity index (χ1v) is 14.0. The maximum atomic E-state index is 16.5. The summed E-state index contributed by atoms with van der Waals surface area (Å²) >= 11 is 7.73. The molecule has 0 bridgehead atoms. The number of fused-ring (bicyclic) bond motifs is 2. The van der Waals surface area contributed by atoms with E-state index in [1.165, 1.54) is 18.2 Å². The van der Waals surface area contributed by atoms with E-state index in [1.54, 1.807) is 11.0 Å². The predicted molar refractivity (Wildman–Crippen MR) is 156 cm³/mol. The largest absolute Gasteiger partial charge is 0.375 e. The molecule has 2 fully saturated rings. The molecule has 0 saturated carbocycles. The smallest absolute Gasteiger partial charge is 0.246 e. The number of rotatable bonds is 5. The van der Waals surface area contributed by atoms with Gasteiger partial charge in [-0.05, 0) is 38.4 Å². The van der Waals surface area contributed by atoms with Crippen LogP contribution in [-0.2, 0) is 4.79 Å². The molecule has 40 heavy (non-hydrogen) atoms. The number of hydrogen-bond acceptors (Lipinski definition) is 9. The Bertz CT molecular complexity index is 1660. The number of halogens is 3. The van der Waals surface area contributed by atoms with Crippen molar-refractivity contribution >= 4 is 66.9 Å². The number of hydrogen-bond donors (Lipinski definition) is 1. The molecule has 1 amide bonds. The van der Waals surface area contributed by atoms with E-state index in [0.717, 1.165) is 11.3 Å². The summed E-state index contributed by atoms with van der Waals surface area (Å²) in [6.45, 7) is 6.95. The standard InChI is InChI=1S/C27H27ClF2N8OS/c1-4-19(39)36-7-9-37(10-8-36)25-16-11-17(28)20(15-5-6-18(29)24-23(15)32-26(31)40-24)21(30)22(16)33-27(34-25)38-12-14(13-38)35(2)3/h4-6,11,14H,1,7-10,12-13H2,2-3H3,(H2,31,32). The molecule has 0 unspecified atom stereocenters. The van der Waals surface area contributed by atoms with Crippen LogP contribution in [0.2, 0.25) is 5.02 Å². The van der Waals surface area contributed by atoms with Crippen molar-refractivity contribution in [3.05, 3.63) is 47.5 Å². The van der Waals surface area contributed by atoms with Gasteiger partial charge in [-0.25, -0.2) is 18.7 Å². The molecule has 0 spiro atoms. The fourth-order valence-electron chi connectivity index (χ4n) is 5.20. The highest BCUT2D eigenvalue weighted by molar-refractivity contribution is 7.22. The average molecular weight is 585 g/mol. The topological polar surface area (TPSA) is 94.7 Å². The lowest BCUT2D eigenvalue weighted by molar-refractivity contribution is -0.126. The highest BCUT2D eigenvalue weighted by Crippen LogP contribution is 2.43. The highest BCUT2D eigenvalue weighted by atomic mass is 35.5. The molecular formula is C27H27ClF2N8OS. The molecule has 4 heterocycles. The predicted octanol–water partition coefficient (Wildman–Crippen LogP) is 4.01. The van der Waals surface area contributed by atoms with Crippen LogP contribution in [0.15, 0.2) is 30.9 Å². The van der Waals surface area contributed by atoms with E-state index in [1.807, 2.05) is 23.9 Å². The average Bonchev–Trinajstić information content (AvgIpc) is 3.31. The van der Waals surface area contributed by atoms with Crippen LogP contribution >= 0.6 is 22.9 Å². The molecule has 0 aliphatic carbocycles. The van der Waals surface area contributed by atoms with Gasteiger partial charge in [0.05, 0.1) is 15.2 Å². The Balaban J connectivity index is 1.50. The molecule has 2 aromatic heterocycles. The van der Waals surface area contributed by atoms with Crippen LogP contribution in [-0.4, -0.2) is 90.1 Å². The lowest BCUT2D eigenvalue weighted by Crippen LogP contribution is -2.58. The molecular weight excluding hydrogens is 558 g/mol. The van der Waals surface area contributed by atoms with Crippen LogP contribution in [0.25, 0.3) is 32.2 Å². The number of anilines is 3. The van der Waals surface area contributed by atoms with Crippen molar-refractivity contribution < 1.29 is 13.6 Å². The third-order valence-corrected chi connectivity index (χ3v) is 8.76. The van der Waals surface area contributed by atoms with Gasteiger partial charge in [-0.15, -0.1) is 0 Å². The normalized spacial score (nSPS) is 16.3. The number of amides is 1. The van der Waals surface area contributed by atoms with Gasteiger partial charge in [-0.3, -0.25) is 4.79 Å². The molecule has 0 atom stereocenters. The summed E-state index contributed by atoms with van der Waals surface area (Å²) in [6, 6.07) is 4.71. The summed E-state index contributed by atoms with van der Waals surface area (Å²) in [5.41, 5.74) is 6.64. The van der Waals surface area contributed by atoms with Crippen molar-refractivity contribution in [1.29, 1.82) is 0 Å². The van der Waals surface area contributed by atoms with Gasteiger partial charge < -0.3 is 25.3 Å². The molecule has 2 N–H and O–H groups in total. The summed E-state index contributed by atoms with van der Waals surface area (Å²) in [7, 11) is 4.03. The first-order chi connectivity index (χ1) is 19.2. The van der Waals surface area contributed by atoms with Crippen LogP contribution in [0.4, 0.5) is 25.7 Å². The Morgan fingerprint density at radius 1 is 1.12 bits per heavy atom. The molecule has 0 radical (unpaired) electrons. The highest BCUT2D eigenvalue weighted by Gasteiger charge is 2.33. The molecule has 2 aliphatic rings. The number of piperazine rings is 1. The SMILES string of the molecule is C=CC(=O)N1CCN(c2nc(N3CC(N(C)C)C3)nc3c(F)c(-c4ccc(F)c5sc(N)nc45)c(Cl)cc23)CC1. The van der Waals surface area contributed by atoms with Crippen LogP contribution in [0.1, 0.15) is 0 Å². The zero-order chi connectivity index (χ0) is 28.3. The van der Waals surface area contributed by atoms with Crippen molar-refractivity contribution in [3.63, 3.8) is 0 Å². The number of nitrogens with zero attached hydrogens (tertiary/aromatic N) is 7. The van der Waals surface area contributed by atoms with Gasteiger partial charge in [0, 0.05) is 61.8 Å². The number of carbonyl (C=O) groups excluding carboxylic acids is 1. The lowest BCUT2D eigenvalue weighted by atomic mass is 10.0. The Kier molecular flexibility index (Phi) is 6.71. The van der Waals surface area contributed by atoms with Crippen molar-refractivity contribution in [2.75, 3.05) is 68.9 Å². The monoisotopic (exact) mass is 584 g/mol. The Morgan fingerprint density at radius 2 is 1.85 bits per heavy atom. The molecule has 2 aromatic carbocycles. The number of thiazole rings is 1. The molecule has 13 heteroatoms. The first-order valence-electron chi connectivity index (χ1n) is 12.8. The third-order valence-electron chi connectivity index (χ3n) is 7.57. The Hall–Kier alpha value is -3.61. The minimum atomic E-state index is -0.642. The van der Waals surface area contributed by atoms with Gasteiger partial charge in [0.2, 0.25) is 11.9 Å². The zero-order valence-electron chi connectivity index (χ0n) is 22.0. The summed E-state index contributed by atoms with van der Waals surface area (Å²) in [4.78, 5) is 33.8. The summed E-state index contributed by atoms with van der Waals surface area (Å²) < 4.78 is 31.3. The molecule has 9 nitrogen and oxygen atoms in total. The summed E-state index contributed by atoms with van der Waals surface area (Å²) in [6.07, 6.45) is 1.30. The number of benzene rings is 2. The quantitative estimate of drug-likeness (QED) is 0.352. The van der Waals surface area contributed by atoms with E-state index in [0.29, 0.717) is 68.0 Å². The van der Waals surface area contributed by atoms with E-state index in [9.17, 15) is 9.18 Å². The van der Waals surface area contributed by atoms with Gasteiger partial charge in [0.25, 0.3) is 0 Å². The van der Waals surface area contributed by atoms with Gasteiger partial charge in [0.1, 0.15) is 17.2 Å². The fourth-order valence-corrected chi connectivity index (χ4v) is 6.26. The fraction of sp³-hybridized carbons (Fsp3) is 0.333.